The second kappa shape index (κ2) is 16.1. The Balaban J connectivity index is 3.07. The monoisotopic (exact) mass is 509 g/mol. The summed E-state index contributed by atoms with van der Waals surface area (Å²) in [4.78, 5) is 50.2. The highest BCUT2D eigenvalue weighted by Crippen LogP contribution is 2.09. The average molecular weight is 510 g/mol. The van der Waals surface area contributed by atoms with Crippen molar-refractivity contribution in [2.75, 3.05) is 12.3 Å². The van der Waals surface area contributed by atoms with E-state index in [0.29, 0.717) is 19.4 Å². The van der Waals surface area contributed by atoms with Crippen molar-refractivity contribution in [3.63, 3.8) is 0 Å². The first-order valence-electron chi connectivity index (χ1n) is 11.8. The Kier molecular flexibility index (Phi) is 14.0. The van der Waals surface area contributed by atoms with Crippen molar-refractivity contribution in [1.29, 1.82) is 0 Å². The fraction of sp³-hybridized carbons (Fsp3) is 0.583. The molecule has 1 aromatic rings. The molecule has 10 nitrogen and oxygen atoms in total. The summed E-state index contributed by atoms with van der Waals surface area (Å²) in [6, 6.07) is 5.14. The lowest BCUT2D eigenvalue weighted by molar-refractivity contribution is -0.142. The third-order valence-corrected chi connectivity index (χ3v) is 5.74. The van der Waals surface area contributed by atoms with Gasteiger partial charge < -0.3 is 32.5 Å². The van der Waals surface area contributed by atoms with Crippen molar-refractivity contribution in [1.82, 2.24) is 16.0 Å². The molecule has 0 aliphatic carbocycles. The molecule has 0 bridgehead atoms. The standard InChI is InChI=1S/C24H39N5O5S/c1-15(2)12-20(24(33)34)29-22(31)18(10-6-7-11-25)27-23(32)19(28-21(30)17(26)14-35)13-16-8-4-3-5-9-16/h3-5,8-9,15,17-20,35H,6-7,10-14,25-26H2,1-2H3,(H,27,32)(H,28,30)(H,29,31)(H,33,34). The van der Waals surface area contributed by atoms with Crippen LogP contribution in [0.2, 0.25) is 0 Å². The topological polar surface area (TPSA) is 177 Å². The first-order chi connectivity index (χ1) is 16.6. The maximum Gasteiger partial charge on any atom is 0.326 e. The van der Waals surface area contributed by atoms with Crippen molar-refractivity contribution in [3.05, 3.63) is 35.9 Å². The fourth-order valence-corrected chi connectivity index (χ4v) is 3.59. The van der Waals surface area contributed by atoms with Gasteiger partial charge in [0.2, 0.25) is 17.7 Å². The summed E-state index contributed by atoms with van der Waals surface area (Å²) < 4.78 is 0. The van der Waals surface area contributed by atoms with Gasteiger partial charge in [0.25, 0.3) is 0 Å². The minimum atomic E-state index is -1.14. The van der Waals surface area contributed by atoms with Gasteiger partial charge in [0.15, 0.2) is 0 Å². The molecule has 0 aliphatic heterocycles. The molecule has 0 aliphatic rings. The Morgan fingerprint density at radius 3 is 2.03 bits per heavy atom. The van der Waals surface area contributed by atoms with Crippen LogP contribution in [0.3, 0.4) is 0 Å². The van der Waals surface area contributed by atoms with Crippen LogP contribution in [0, 0.1) is 5.92 Å². The van der Waals surface area contributed by atoms with Crippen molar-refractivity contribution < 1.29 is 24.3 Å². The Morgan fingerprint density at radius 2 is 1.49 bits per heavy atom. The summed E-state index contributed by atoms with van der Waals surface area (Å²) >= 11 is 4.03. The molecule has 1 aromatic carbocycles. The molecule has 0 radical (unpaired) electrons. The number of carbonyl (C=O) groups is 4. The molecule has 35 heavy (non-hydrogen) atoms. The van der Waals surface area contributed by atoms with Gasteiger partial charge >= 0.3 is 5.97 Å². The minimum absolute atomic E-state index is 0.0446. The zero-order valence-corrected chi connectivity index (χ0v) is 21.3. The molecule has 0 saturated heterocycles. The quantitative estimate of drug-likeness (QED) is 0.123. The van der Waals surface area contributed by atoms with E-state index in [4.69, 9.17) is 11.5 Å². The zero-order chi connectivity index (χ0) is 26.4. The molecule has 196 valence electrons. The number of amides is 3. The molecule has 0 fully saturated rings. The van der Waals surface area contributed by atoms with Crippen LogP contribution in [-0.2, 0) is 25.6 Å². The summed E-state index contributed by atoms with van der Waals surface area (Å²) in [5, 5.41) is 17.4. The molecule has 11 heteroatoms. The highest BCUT2D eigenvalue weighted by molar-refractivity contribution is 7.80. The first-order valence-corrected chi connectivity index (χ1v) is 12.5. The van der Waals surface area contributed by atoms with E-state index in [9.17, 15) is 24.3 Å². The third-order valence-electron chi connectivity index (χ3n) is 5.35. The normalized spacial score (nSPS) is 14.5. The summed E-state index contributed by atoms with van der Waals surface area (Å²) in [5.41, 5.74) is 12.1. The van der Waals surface area contributed by atoms with E-state index in [1.54, 1.807) is 0 Å². The summed E-state index contributed by atoms with van der Waals surface area (Å²) in [7, 11) is 0. The van der Waals surface area contributed by atoms with Gasteiger partial charge in [0.05, 0.1) is 6.04 Å². The summed E-state index contributed by atoms with van der Waals surface area (Å²) in [6.07, 6.45) is 1.88. The van der Waals surface area contributed by atoms with Crippen LogP contribution in [0.1, 0.15) is 45.1 Å². The molecular formula is C24H39N5O5S. The average Bonchev–Trinajstić information content (AvgIpc) is 2.82. The largest absolute Gasteiger partial charge is 0.480 e. The number of nitrogens with two attached hydrogens (primary N) is 2. The minimum Gasteiger partial charge on any atom is -0.480 e. The van der Waals surface area contributed by atoms with Gasteiger partial charge in [0.1, 0.15) is 18.1 Å². The zero-order valence-electron chi connectivity index (χ0n) is 20.4. The summed E-state index contributed by atoms with van der Waals surface area (Å²) in [6.45, 7) is 4.13. The van der Waals surface area contributed by atoms with Crippen molar-refractivity contribution >= 4 is 36.3 Å². The van der Waals surface area contributed by atoms with Crippen LogP contribution in [0.15, 0.2) is 30.3 Å². The predicted molar refractivity (Wildman–Crippen MR) is 138 cm³/mol. The van der Waals surface area contributed by atoms with Crippen LogP contribution < -0.4 is 27.4 Å². The van der Waals surface area contributed by atoms with Crippen LogP contribution in [0.5, 0.6) is 0 Å². The number of hydrogen-bond donors (Lipinski definition) is 7. The van der Waals surface area contributed by atoms with Crippen molar-refractivity contribution in [3.8, 4) is 0 Å². The third kappa shape index (κ3) is 11.6. The highest BCUT2D eigenvalue weighted by atomic mass is 32.1. The smallest absolute Gasteiger partial charge is 0.326 e. The number of carboxylic acids is 1. The van der Waals surface area contributed by atoms with Crippen molar-refractivity contribution in [2.24, 2.45) is 17.4 Å². The van der Waals surface area contributed by atoms with Gasteiger partial charge in [-0.2, -0.15) is 12.6 Å². The maximum absolute atomic E-state index is 13.2. The molecule has 8 N–H and O–H groups in total. The van der Waals surface area contributed by atoms with Crippen molar-refractivity contribution in [2.45, 2.75) is 70.1 Å². The second-order valence-corrected chi connectivity index (χ2v) is 9.28. The number of unbranched alkanes of at least 4 members (excludes halogenated alkanes) is 1. The van der Waals surface area contributed by atoms with Crippen LogP contribution >= 0.6 is 12.6 Å². The fourth-order valence-electron chi connectivity index (χ4n) is 3.42. The van der Waals surface area contributed by atoms with Gasteiger partial charge in [-0.15, -0.1) is 0 Å². The molecule has 0 saturated carbocycles. The molecule has 0 spiro atoms. The van der Waals surface area contributed by atoms with Crippen LogP contribution in [-0.4, -0.2) is 65.3 Å². The number of benzene rings is 1. The van der Waals surface area contributed by atoms with E-state index < -0.39 is 47.9 Å². The molecule has 0 aromatic heterocycles. The van der Waals surface area contributed by atoms with Gasteiger partial charge in [0, 0.05) is 12.2 Å². The number of hydrogen-bond acceptors (Lipinski definition) is 7. The maximum atomic E-state index is 13.2. The number of thiol groups is 1. The molecule has 0 heterocycles. The number of aliphatic carboxylic acids is 1. The molecule has 1 rings (SSSR count). The van der Waals surface area contributed by atoms with E-state index in [1.807, 2.05) is 44.2 Å². The lowest BCUT2D eigenvalue weighted by Gasteiger charge is -2.25. The number of carboxylic acid groups (broad SMARTS) is 1. The van der Waals surface area contributed by atoms with E-state index in [1.165, 1.54) is 0 Å². The van der Waals surface area contributed by atoms with E-state index >= 15 is 0 Å². The van der Waals surface area contributed by atoms with Gasteiger partial charge in [-0.25, -0.2) is 4.79 Å². The first kappa shape index (κ1) is 30.4. The lowest BCUT2D eigenvalue weighted by atomic mass is 10.0. The van der Waals surface area contributed by atoms with E-state index in [-0.39, 0.29) is 30.9 Å². The molecular weight excluding hydrogens is 470 g/mol. The van der Waals surface area contributed by atoms with E-state index in [2.05, 4.69) is 28.6 Å². The molecule has 4 unspecified atom stereocenters. The number of rotatable bonds is 16. The lowest BCUT2D eigenvalue weighted by Crippen LogP contribution is -2.57. The summed E-state index contributed by atoms with van der Waals surface area (Å²) in [5.74, 6) is -2.71. The SMILES string of the molecule is CC(C)CC(NC(=O)C(CCCCN)NC(=O)C(Cc1ccccc1)NC(=O)C(N)CS)C(=O)O. The Hall–Kier alpha value is -2.63. The second-order valence-electron chi connectivity index (χ2n) is 8.91. The van der Waals surface area contributed by atoms with Crippen LogP contribution in [0.4, 0.5) is 0 Å². The van der Waals surface area contributed by atoms with Gasteiger partial charge in [-0.05, 0) is 43.7 Å². The Morgan fingerprint density at radius 1 is 0.914 bits per heavy atom. The Labute approximate surface area is 212 Å². The highest BCUT2D eigenvalue weighted by Gasteiger charge is 2.30. The van der Waals surface area contributed by atoms with Gasteiger partial charge in [-0.1, -0.05) is 44.2 Å². The molecule has 4 atom stereocenters. The van der Waals surface area contributed by atoms with E-state index in [0.717, 1.165) is 5.56 Å². The molecule has 3 amide bonds. The van der Waals surface area contributed by atoms with Crippen LogP contribution in [0.25, 0.3) is 0 Å². The Bertz CT molecular complexity index is 824. The van der Waals surface area contributed by atoms with Gasteiger partial charge in [-0.3, -0.25) is 14.4 Å². The number of nitrogens with one attached hydrogen (secondary N) is 3. The predicted octanol–water partition coefficient (Wildman–Crippen LogP) is 0.200. The number of carbonyl (C=O) groups excluding carboxylic acids is 3.